The Morgan fingerprint density at radius 2 is 1.87 bits per heavy atom. The molecular weight excluding hydrogens is 298 g/mol. The molecule has 0 heterocycles. The Labute approximate surface area is 133 Å². The second-order valence-electron chi connectivity index (χ2n) is 4.60. The lowest BCUT2D eigenvalue weighted by Gasteiger charge is -2.09. The van der Waals surface area contributed by atoms with Gasteiger partial charge in [0.15, 0.2) is 11.5 Å². The number of hydrogen-bond acceptors (Lipinski definition) is 6. The quantitative estimate of drug-likeness (QED) is 0.443. The number of methoxy groups -OCH3 is 2. The van der Waals surface area contributed by atoms with Crippen LogP contribution in [-0.4, -0.2) is 31.4 Å². The molecule has 7 nitrogen and oxygen atoms in total. The van der Waals surface area contributed by atoms with E-state index < -0.39 is 0 Å². The van der Waals surface area contributed by atoms with Gasteiger partial charge in [-0.15, -0.1) is 0 Å². The maximum absolute atomic E-state index is 11.9. The lowest BCUT2D eigenvalue weighted by molar-refractivity contribution is 0.0955. The van der Waals surface area contributed by atoms with Crippen molar-refractivity contribution in [2.45, 2.75) is 0 Å². The minimum Gasteiger partial charge on any atom is -0.502 e. The lowest BCUT2D eigenvalue weighted by Crippen LogP contribution is -2.17. The van der Waals surface area contributed by atoms with Crippen molar-refractivity contribution < 1.29 is 19.4 Å². The number of ether oxygens (including phenoxy) is 2. The van der Waals surface area contributed by atoms with Crippen molar-refractivity contribution >= 4 is 17.8 Å². The minimum atomic E-state index is -0.383. The van der Waals surface area contributed by atoms with E-state index in [2.05, 4.69) is 10.5 Å². The Bertz CT molecular complexity index is 719. The number of benzene rings is 2. The number of nitrogens with zero attached hydrogens (tertiary/aromatic N) is 1. The summed E-state index contributed by atoms with van der Waals surface area (Å²) in [4.78, 5) is 11.9. The number of anilines is 1. The van der Waals surface area contributed by atoms with Crippen molar-refractivity contribution in [3.8, 4) is 17.2 Å². The van der Waals surface area contributed by atoms with Crippen LogP contribution in [0.1, 0.15) is 15.9 Å². The summed E-state index contributed by atoms with van der Waals surface area (Å²) in [6.07, 6.45) is 1.41. The molecule has 0 aliphatic rings. The van der Waals surface area contributed by atoms with Gasteiger partial charge in [-0.2, -0.15) is 5.10 Å². The van der Waals surface area contributed by atoms with Gasteiger partial charge in [0.25, 0.3) is 5.91 Å². The van der Waals surface area contributed by atoms with Gasteiger partial charge in [0.05, 0.1) is 20.4 Å². The number of nitrogen functional groups attached to an aromatic ring is 1. The van der Waals surface area contributed by atoms with E-state index >= 15 is 0 Å². The van der Waals surface area contributed by atoms with Crippen LogP contribution in [0.2, 0.25) is 0 Å². The number of rotatable bonds is 5. The number of nitrogens with one attached hydrogen (secondary N) is 1. The van der Waals surface area contributed by atoms with E-state index in [-0.39, 0.29) is 23.2 Å². The molecule has 0 atom stereocenters. The van der Waals surface area contributed by atoms with E-state index in [9.17, 15) is 9.90 Å². The molecule has 2 aromatic rings. The van der Waals surface area contributed by atoms with Crippen molar-refractivity contribution in [1.82, 2.24) is 5.43 Å². The highest BCUT2D eigenvalue weighted by molar-refractivity contribution is 5.95. The number of hydrazone groups is 1. The van der Waals surface area contributed by atoms with E-state index in [1.54, 1.807) is 36.4 Å². The summed E-state index contributed by atoms with van der Waals surface area (Å²) in [5, 5.41) is 13.7. The molecule has 2 rings (SSSR count). The molecule has 0 aromatic heterocycles. The van der Waals surface area contributed by atoms with Crippen LogP contribution in [-0.2, 0) is 0 Å². The SMILES string of the molecule is COc1cc(/C=N\NC(=O)c2cccc(N)c2)cc(OC)c1O. The molecule has 4 N–H and O–H groups in total. The molecule has 1 amide bonds. The van der Waals surface area contributed by atoms with Gasteiger partial charge in [-0.1, -0.05) is 6.07 Å². The third kappa shape index (κ3) is 3.91. The highest BCUT2D eigenvalue weighted by atomic mass is 16.5. The van der Waals surface area contributed by atoms with Gasteiger partial charge < -0.3 is 20.3 Å². The largest absolute Gasteiger partial charge is 0.502 e. The van der Waals surface area contributed by atoms with Crippen molar-refractivity contribution in [3.05, 3.63) is 47.5 Å². The summed E-state index contributed by atoms with van der Waals surface area (Å²) in [6, 6.07) is 9.69. The summed E-state index contributed by atoms with van der Waals surface area (Å²) in [7, 11) is 2.86. The zero-order valence-corrected chi connectivity index (χ0v) is 12.7. The average molecular weight is 315 g/mol. The Balaban J connectivity index is 2.13. The third-order valence-electron chi connectivity index (χ3n) is 3.03. The molecule has 0 saturated heterocycles. The molecule has 7 heteroatoms. The summed E-state index contributed by atoms with van der Waals surface area (Å²) < 4.78 is 10.1. The van der Waals surface area contributed by atoms with Gasteiger partial charge in [-0.3, -0.25) is 4.79 Å². The lowest BCUT2D eigenvalue weighted by atomic mass is 10.2. The second-order valence-corrected chi connectivity index (χ2v) is 4.60. The number of carbonyl (C=O) groups is 1. The van der Waals surface area contributed by atoms with E-state index in [1.807, 2.05) is 0 Å². The molecule has 0 aliphatic carbocycles. The fraction of sp³-hybridized carbons (Fsp3) is 0.125. The maximum atomic E-state index is 11.9. The van der Waals surface area contributed by atoms with E-state index in [4.69, 9.17) is 15.2 Å². The number of nitrogens with two attached hydrogens (primary N) is 1. The van der Waals surface area contributed by atoms with E-state index in [0.717, 1.165) is 0 Å². The van der Waals surface area contributed by atoms with Gasteiger partial charge >= 0.3 is 0 Å². The van der Waals surface area contributed by atoms with Crippen LogP contribution in [0.25, 0.3) is 0 Å². The average Bonchev–Trinajstić information content (AvgIpc) is 2.55. The van der Waals surface area contributed by atoms with Crippen LogP contribution >= 0.6 is 0 Å². The third-order valence-corrected chi connectivity index (χ3v) is 3.03. The van der Waals surface area contributed by atoms with Crippen LogP contribution < -0.4 is 20.6 Å². The molecule has 120 valence electrons. The molecular formula is C16H17N3O4. The number of carbonyl (C=O) groups excluding carboxylic acids is 1. The first-order chi connectivity index (χ1) is 11.0. The van der Waals surface area contributed by atoms with Gasteiger partial charge in [0.2, 0.25) is 5.75 Å². The number of hydrogen-bond donors (Lipinski definition) is 3. The fourth-order valence-corrected chi connectivity index (χ4v) is 1.90. The number of aromatic hydroxyl groups is 1. The molecule has 0 aliphatic heterocycles. The highest BCUT2D eigenvalue weighted by Gasteiger charge is 2.10. The smallest absolute Gasteiger partial charge is 0.271 e. The van der Waals surface area contributed by atoms with Crippen LogP contribution in [0.4, 0.5) is 5.69 Å². The van der Waals surface area contributed by atoms with Gasteiger partial charge in [-0.25, -0.2) is 5.43 Å². The summed E-state index contributed by atoms with van der Waals surface area (Å²) >= 11 is 0. The van der Waals surface area contributed by atoms with Gasteiger partial charge in [0, 0.05) is 16.8 Å². The predicted molar refractivity (Wildman–Crippen MR) is 87.1 cm³/mol. The van der Waals surface area contributed by atoms with Crippen LogP contribution in [0, 0.1) is 0 Å². The van der Waals surface area contributed by atoms with E-state index in [1.165, 1.54) is 20.4 Å². The van der Waals surface area contributed by atoms with Crippen molar-refractivity contribution in [2.75, 3.05) is 20.0 Å². The molecule has 0 unspecified atom stereocenters. The fourth-order valence-electron chi connectivity index (χ4n) is 1.90. The first kappa shape index (κ1) is 16.2. The van der Waals surface area contributed by atoms with Crippen LogP contribution in [0.5, 0.6) is 17.2 Å². The van der Waals surface area contributed by atoms with Crippen molar-refractivity contribution in [1.29, 1.82) is 0 Å². The first-order valence-corrected chi connectivity index (χ1v) is 6.69. The number of phenolic OH excluding ortho intramolecular Hbond substituents is 1. The zero-order chi connectivity index (χ0) is 16.8. The molecule has 0 bridgehead atoms. The molecule has 0 radical (unpaired) electrons. The molecule has 0 spiro atoms. The topological polar surface area (TPSA) is 106 Å². The first-order valence-electron chi connectivity index (χ1n) is 6.69. The summed E-state index contributed by atoms with van der Waals surface area (Å²) in [6.45, 7) is 0. The normalized spacial score (nSPS) is 10.5. The standard InChI is InChI=1S/C16H17N3O4/c1-22-13-6-10(7-14(23-2)15(13)20)9-18-19-16(21)11-4-3-5-12(17)8-11/h3-9,20H,17H2,1-2H3,(H,19,21)/b18-9-. The second kappa shape index (κ2) is 7.17. The Morgan fingerprint density at radius 1 is 1.22 bits per heavy atom. The molecule has 0 fully saturated rings. The highest BCUT2D eigenvalue weighted by Crippen LogP contribution is 2.36. The number of amides is 1. The Kier molecular flexibility index (Phi) is 5.03. The Hall–Kier alpha value is -3.22. The maximum Gasteiger partial charge on any atom is 0.271 e. The van der Waals surface area contributed by atoms with Crippen molar-refractivity contribution in [3.63, 3.8) is 0 Å². The van der Waals surface area contributed by atoms with Crippen LogP contribution in [0.15, 0.2) is 41.5 Å². The van der Waals surface area contributed by atoms with Crippen molar-refractivity contribution in [2.24, 2.45) is 5.10 Å². The zero-order valence-electron chi connectivity index (χ0n) is 12.7. The predicted octanol–water partition coefficient (Wildman–Crippen LogP) is 1.76. The van der Waals surface area contributed by atoms with Crippen LogP contribution in [0.3, 0.4) is 0 Å². The van der Waals surface area contributed by atoms with Gasteiger partial charge in [0.1, 0.15) is 0 Å². The minimum absolute atomic E-state index is 0.101. The molecule has 23 heavy (non-hydrogen) atoms. The van der Waals surface area contributed by atoms with Gasteiger partial charge in [-0.05, 0) is 30.3 Å². The summed E-state index contributed by atoms with van der Waals surface area (Å²) in [5.74, 6) is 0.00289. The number of phenols is 1. The Morgan fingerprint density at radius 3 is 2.43 bits per heavy atom. The summed E-state index contributed by atoms with van der Waals surface area (Å²) in [5.41, 5.74) is 9.51. The molecule has 0 saturated carbocycles. The molecule has 2 aromatic carbocycles. The van der Waals surface area contributed by atoms with E-state index in [0.29, 0.717) is 16.8 Å². The monoisotopic (exact) mass is 315 g/mol.